The highest BCUT2D eigenvalue weighted by atomic mass is 19.1. The molecule has 1 aliphatic rings. The Morgan fingerprint density at radius 2 is 2.12 bits per heavy atom. The zero-order valence-corrected chi connectivity index (χ0v) is 9.75. The lowest BCUT2D eigenvalue weighted by Crippen LogP contribution is -2.42. The maximum atomic E-state index is 13.5. The van der Waals surface area contributed by atoms with Gasteiger partial charge in [0.05, 0.1) is 5.56 Å². The molecule has 0 aromatic heterocycles. The van der Waals surface area contributed by atoms with Crippen LogP contribution in [-0.4, -0.2) is 23.4 Å². The van der Waals surface area contributed by atoms with Crippen molar-refractivity contribution in [1.29, 1.82) is 0 Å². The topological polar surface area (TPSA) is 20.3 Å². The summed E-state index contributed by atoms with van der Waals surface area (Å²) in [4.78, 5) is 13.8. The predicted molar refractivity (Wildman–Crippen MR) is 60.7 cm³/mol. The van der Waals surface area contributed by atoms with Crippen LogP contribution < -0.4 is 0 Å². The number of nitrogens with zero attached hydrogens (tertiary/aromatic N) is 1. The molecule has 0 spiro atoms. The molecule has 17 heavy (non-hydrogen) atoms. The van der Waals surface area contributed by atoms with E-state index in [1.54, 1.807) is 4.90 Å². The molecule has 0 saturated carbocycles. The smallest absolute Gasteiger partial charge is 0.257 e. The van der Waals surface area contributed by atoms with Crippen molar-refractivity contribution in [1.82, 2.24) is 4.90 Å². The first kappa shape index (κ1) is 12.0. The Kier molecular flexibility index (Phi) is 3.41. The lowest BCUT2D eigenvalue weighted by atomic mass is 10.0. The minimum atomic E-state index is -0.784. The van der Waals surface area contributed by atoms with Gasteiger partial charge in [0.25, 0.3) is 5.91 Å². The number of amides is 1. The van der Waals surface area contributed by atoms with Gasteiger partial charge in [0.1, 0.15) is 11.6 Å². The molecule has 1 aromatic rings. The maximum Gasteiger partial charge on any atom is 0.257 e. The summed E-state index contributed by atoms with van der Waals surface area (Å²) in [5.74, 6) is -1.78. The molecule has 0 unspecified atom stereocenters. The van der Waals surface area contributed by atoms with E-state index < -0.39 is 11.6 Å². The molecule has 0 N–H and O–H groups in total. The van der Waals surface area contributed by atoms with Gasteiger partial charge in [-0.15, -0.1) is 0 Å². The molecule has 0 bridgehead atoms. The molecule has 0 radical (unpaired) electrons. The number of hydrogen-bond acceptors (Lipinski definition) is 1. The van der Waals surface area contributed by atoms with Crippen molar-refractivity contribution in [2.45, 2.75) is 32.2 Å². The van der Waals surface area contributed by atoms with Crippen molar-refractivity contribution in [2.24, 2.45) is 0 Å². The third-order valence-corrected chi connectivity index (χ3v) is 3.23. The minimum absolute atomic E-state index is 0.0415. The SMILES string of the molecule is C[C@@H]1CCCCN1C(=O)c1ccc(F)cc1F. The van der Waals surface area contributed by atoms with Crippen LogP contribution in [0.1, 0.15) is 36.5 Å². The van der Waals surface area contributed by atoms with E-state index in [0.717, 1.165) is 31.4 Å². The quantitative estimate of drug-likeness (QED) is 0.737. The fourth-order valence-corrected chi connectivity index (χ4v) is 2.22. The molecule has 1 amide bonds. The second kappa shape index (κ2) is 4.82. The number of benzene rings is 1. The largest absolute Gasteiger partial charge is 0.336 e. The van der Waals surface area contributed by atoms with Gasteiger partial charge < -0.3 is 4.90 Å². The third kappa shape index (κ3) is 2.46. The Bertz CT molecular complexity index is 433. The Balaban J connectivity index is 2.24. The van der Waals surface area contributed by atoms with Crippen LogP contribution in [0.5, 0.6) is 0 Å². The highest BCUT2D eigenvalue weighted by molar-refractivity contribution is 5.94. The average Bonchev–Trinajstić information content (AvgIpc) is 2.29. The van der Waals surface area contributed by atoms with E-state index in [1.165, 1.54) is 6.07 Å². The highest BCUT2D eigenvalue weighted by Crippen LogP contribution is 2.20. The summed E-state index contributed by atoms with van der Waals surface area (Å²) in [6.45, 7) is 2.61. The first-order valence-corrected chi connectivity index (χ1v) is 5.85. The van der Waals surface area contributed by atoms with Gasteiger partial charge in [0.2, 0.25) is 0 Å². The Hall–Kier alpha value is -1.45. The molecule has 0 aliphatic carbocycles. The molecule has 1 heterocycles. The zero-order valence-electron chi connectivity index (χ0n) is 9.75. The van der Waals surface area contributed by atoms with Crippen molar-refractivity contribution in [3.05, 3.63) is 35.4 Å². The fraction of sp³-hybridized carbons (Fsp3) is 0.462. The van der Waals surface area contributed by atoms with Gasteiger partial charge in [0, 0.05) is 18.7 Å². The number of hydrogen-bond donors (Lipinski definition) is 0. The van der Waals surface area contributed by atoms with Crippen LogP contribution in [0.25, 0.3) is 0 Å². The molecular weight excluding hydrogens is 224 g/mol. The second-order valence-electron chi connectivity index (χ2n) is 4.47. The van der Waals surface area contributed by atoms with Crippen LogP contribution in [0.4, 0.5) is 8.78 Å². The van der Waals surface area contributed by atoms with Crippen LogP contribution in [0, 0.1) is 11.6 Å². The molecule has 2 rings (SSSR count). The fourth-order valence-electron chi connectivity index (χ4n) is 2.22. The summed E-state index contributed by atoms with van der Waals surface area (Å²) >= 11 is 0. The number of carbonyl (C=O) groups is 1. The van der Waals surface area contributed by atoms with Gasteiger partial charge in [-0.3, -0.25) is 4.79 Å². The molecule has 1 aromatic carbocycles. The van der Waals surface area contributed by atoms with Gasteiger partial charge in [-0.25, -0.2) is 8.78 Å². The van der Waals surface area contributed by atoms with Gasteiger partial charge in [-0.2, -0.15) is 0 Å². The summed E-state index contributed by atoms with van der Waals surface area (Å²) < 4.78 is 26.3. The Labute approximate surface area is 99.2 Å². The Morgan fingerprint density at radius 3 is 2.76 bits per heavy atom. The van der Waals surface area contributed by atoms with Crippen molar-refractivity contribution in [2.75, 3.05) is 6.54 Å². The number of rotatable bonds is 1. The van der Waals surface area contributed by atoms with Crippen molar-refractivity contribution >= 4 is 5.91 Å². The molecule has 92 valence electrons. The molecule has 1 saturated heterocycles. The molecule has 1 fully saturated rings. The van der Waals surface area contributed by atoms with E-state index in [-0.39, 0.29) is 17.5 Å². The monoisotopic (exact) mass is 239 g/mol. The number of piperidine rings is 1. The zero-order chi connectivity index (χ0) is 12.4. The Morgan fingerprint density at radius 1 is 1.35 bits per heavy atom. The number of likely N-dealkylation sites (tertiary alicyclic amines) is 1. The number of carbonyl (C=O) groups excluding carboxylic acids is 1. The lowest BCUT2D eigenvalue weighted by molar-refractivity contribution is 0.0630. The average molecular weight is 239 g/mol. The predicted octanol–water partition coefficient (Wildman–Crippen LogP) is 2.98. The minimum Gasteiger partial charge on any atom is -0.336 e. The first-order valence-electron chi connectivity index (χ1n) is 5.85. The standard InChI is InChI=1S/C13H15F2NO/c1-9-4-2-3-7-16(9)13(17)11-6-5-10(14)8-12(11)15/h5-6,8-9H,2-4,7H2,1H3/t9-/m1/s1. The molecule has 2 nitrogen and oxygen atoms in total. The highest BCUT2D eigenvalue weighted by Gasteiger charge is 2.26. The van der Waals surface area contributed by atoms with Gasteiger partial charge in [-0.1, -0.05) is 0 Å². The van der Waals surface area contributed by atoms with Gasteiger partial charge >= 0.3 is 0 Å². The molecule has 4 heteroatoms. The van der Waals surface area contributed by atoms with Crippen molar-refractivity contribution < 1.29 is 13.6 Å². The van der Waals surface area contributed by atoms with E-state index in [1.807, 2.05) is 6.92 Å². The molecular formula is C13H15F2NO. The van der Waals surface area contributed by atoms with E-state index >= 15 is 0 Å². The summed E-state index contributed by atoms with van der Waals surface area (Å²) in [6, 6.07) is 3.21. The normalized spacial score (nSPS) is 20.4. The third-order valence-electron chi connectivity index (χ3n) is 3.23. The van der Waals surface area contributed by atoms with Crippen molar-refractivity contribution in [3.8, 4) is 0 Å². The maximum absolute atomic E-state index is 13.5. The van der Waals surface area contributed by atoms with Crippen LogP contribution >= 0.6 is 0 Å². The van der Waals surface area contributed by atoms with Crippen LogP contribution in [0.3, 0.4) is 0 Å². The van der Waals surface area contributed by atoms with E-state index in [2.05, 4.69) is 0 Å². The molecule has 1 aliphatic heterocycles. The molecule has 1 atom stereocenters. The van der Waals surface area contributed by atoms with Crippen LogP contribution in [-0.2, 0) is 0 Å². The van der Waals surface area contributed by atoms with E-state index in [4.69, 9.17) is 0 Å². The lowest BCUT2D eigenvalue weighted by Gasteiger charge is -2.33. The van der Waals surface area contributed by atoms with Gasteiger partial charge in [-0.05, 0) is 38.3 Å². The summed E-state index contributed by atoms with van der Waals surface area (Å²) in [7, 11) is 0. The van der Waals surface area contributed by atoms with Gasteiger partial charge in [0.15, 0.2) is 0 Å². The summed E-state index contributed by atoms with van der Waals surface area (Å²) in [6.07, 6.45) is 2.98. The number of halogens is 2. The van der Waals surface area contributed by atoms with E-state index in [0.29, 0.717) is 6.54 Å². The summed E-state index contributed by atoms with van der Waals surface area (Å²) in [5.41, 5.74) is -0.0415. The van der Waals surface area contributed by atoms with Crippen LogP contribution in [0.15, 0.2) is 18.2 Å². The summed E-state index contributed by atoms with van der Waals surface area (Å²) in [5, 5.41) is 0. The second-order valence-corrected chi connectivity index (χ2v) is 4.47. The van der Waals surface area contributed by atoms with E-state index in [9.17, 15) is 13.6 Å². The first-order chi connectivity index (χ1) is 8.09. The van der Waals surface area contributed by atoms with Crippen molar-refractivity contribution in [3.63, 3.8) is 0 Å². The van der Waals surface area contributed by atoms with Crippen LogP contribution in [0.2, 0.25) is 0 Å².